The number of benzene rings is 5. The molecule has 0 N–H and O–H groups in total. The molecule has 1 nitrogen and oxygen atoms in total. The lowest BCUT2D eigenvalue weighted by Crippen LogP contribution is -2.19. The highest BCUT2D eigenvalue weighted by atomic mass is 15.1. The summed E-state index contributed by atoms with van der Waals surface area (Å²) in [5.74, 6) is 0. The second-order valence-corrected chi connectivity index (χ2v) is 12.2. The van der Waals surface area contributed by atoms with E-state index in [1.807, 2.05) is 0 Å². The van der Waals surface area contributed by atoms with Gasteiger partial charge in [-0.1, -0.05) is 119 Å². The van der Waals surface area contributed by atoms with E-state index < -0.39 is 0 Å². The molecule has 1 heterocycles. The van der Waals surface area contributed by atoms with Gasteiger partial charge in [0.1, 0.15) is 0 Å². The number of hydrogen-bond acceptors (Lipinski definition) is 1. The third kappa shape index (κ3) is 2.48. The zero-order valence-electron chi connectivity index (χ0n) is 22.7. The lowest BCUT2D eigenvalue weighted by molar-refractivity contribution is 0.660. The van der Waals surface area contributed by atoms with Gasteiger partial charge in [-0.2, -0.15) is 0 Å². The van der Waals surface area contributed by atoms with Crippen molar-refractivity contribution in [1.82, 2.24) is 0 Å². The van der Waals surface area contributed by atoms with Gasteiger partial charge in [-0.25, -0.2) is 0 Å². The fraction of sp³-hybridized carbons (Fsp3) is 0.189. The topological polar surface area (TPSA) is 3.24 Å². The van der Waals surface area contributed by atoms with Gasteiger partial charge in [-0.05, 0) is 56.1 Å². The van der Waals surface area contributed by atoms with Crippen molar-refractivity contribution in [3.05, 3.63) is 119 Å². The smallest absolute Gasteiger partial charge is 0.0571 e. The van der Waals surface area contributed by atoms with Crippen LogP contribution in [0.2, 0.25) is 0 Å². The molecule has 0 saturated carbocycles. The highest BCUT2D eigenvalue weighted by Crippen LogP contribution is 2.61. The van der Waals surface area contributed by atoms with E-state index in [-0.39, 0.29) is 10.8 Å². The molecule has 184 valence electrons. The lowest BCUT2D eigenvalue weighted by atomic mass is 9.77. The van der Waals surface area contributed by atoms with Gasteiger partial charge >= 0.3 is 0 Å². The zero-order chi connectivity index (χ0) is 26.0. The van der Waals surface area contributed by atoms with Crippen molar-refractivity contribution in [2.45, 2.75) is 38.5 Å². The molecule has 0 amide bonds. The molecule has 38 heavy (non-hydrogen) atoms. The van der Waals surface area contributed by atoms with Gasteiger partial charge in [0.15, 0.2) is 0 Å². The summed E-state index contributed by atoms with van der Waals surface area (Å²) in [6, 6.07) is 36.5. The van der Waals surface area contributed by atoms with Crippen LogP contribution in [0, 0.1) is 0 Å². The van der Waals surface area contributed by atoms with Crippen LogP contribution in [-0.2, 0) is 10.8 Å². The van der Waals surface area contributed by atoms with E-state index >= 15 is 0 Å². The Bertz CT molecular complexity index is 1830. The van der Waals surface area contributed by atoms with Crippen molar-refractivity contribution in [3.63, 3.8) is 0 Å². The molecule has 1 heteroatoms. The Balaban J connectivity index is 1.52. The Labute approximate surface area is 225 Å². The summed E-state index contributed by atoms with van der Waals surface area (Å²) in [5, 5.41) is 0. The highest BCUT2D eigenvalue weighted by molar-refractivity contribution is 6.08. The first-order valence-corrected chi connectivity index (χ1v) is 13.7. The van der Waals surface area contributed by atoms with Gasteiger partial charge in [-0.15, -0.1) is 0 Å². The number of hydrogen-bond donors (Lipinski definition) is 0. The summed E-state index contributed by atoms with van der Waals surface area (Å²) in [6.45, 7) is 9.54. The summed E-state index contributed by atoms with van der Waals surface area (Å²) in [7, 11) is 2.28. The van der Waals surface area contributed by atoms with Crippen molar-refractivity contribution >= 4 is 11.4 Å². The quantitative estimate of drug-likeness (QED) is 0.209. The van der Waals surface area contributed by atoms with Crippen LogP contribution in [-0.4, -0.2) is 7.05 Å². The van der Waals surface area contributed by atoms with Crippen LogP contribution in [0.5, 0.6) is 0 Å². The zero-order valence-corrected chi connectivity index (χ0v) is 22.7. The lowest BCUT2D eigenvalue weighted by Gasteiger charge is -2.30. The summed E-state index contributed by atoms with van der Waals surface area (Å²) >= 11 is 0. The first-order valence-electron chi connectivity index (χ1n) is 13.7. The van der Waals surface area contributed by atoms with Gasteiger partial charge in [0.25, 0.3) is 0 Å². The van der Waals surface area contributed by atoms with Crippen LogP contribution in [0.1, 0.15) is 49.9 Å². The van der Waals surface area contributed by atoms with Crippen LogP contribution in [0.15, 0.2) is 97.1 Å². The Kier molecular flexibility index (Phi) is 4.07. The molecule has 8 rings (SSSR count). The molecule has 0 atom stereocenters. The largest absolute Gasteiger partial charge is 0.343 e. The van der Waals surface area contributed by atoms with Crippen molar-refractivity contribution in [3.8, 4) is 44.5 Å². The van der Waals surface area contributed by atoms with E-state index in [4.69, 9.17) is 0 Å². The van der Waals surface area contributed by atoms with Crippen molar-refractivity contribution in [2.24, 2.45) is 0 Å². The normalized spacial score (nSPS) is 16.4. The van der Waals surface area contributed by atoms with E-state index in [0.717, 1.165) is 0 Å². The van der Waals surface area contributed by atoms with E-state index in [0.29, 0.717) is 0 Å². The van der Waals surface area contributed by atoms with Gasteiger partial charge in [0.2, 0.25) is 0 Å². The molecule has 5 aromatic rings. The molecule has 3 aliphatic rings. The van der Waals surface area contributed by atoms with Crippen LogP contribution in [0.4, 0.5) is 11.4 Å². The van der Waals surface area contributed by atoms with Gasteiger partial charge in [0, 0.05) is 40.3 Å². The second kappa shape index (κ2) is 7.05. The standard InChI is InChI=1S/C37H31N/c1-36(2)29-17-11-9-15-27(29)32-30(36)20-18-26-22-12-6-7-14-24(22)33-31(38(5)35(26)32)21-19-25-23-13-8-10-16-28(23)37(3,4)34(25)33/h6-21H,1-5H3. The second-order valence-electron chi connectivity index (χ2n) is 12.2. The van der Waals surface area contributed by atoms with Crippen molar-refractivity contribution in [2.75, 3.05) is 11.9 Å². The van der Waals surface area contributed by atoms with Gasteiger partial charge in [-0.3, -0.25) is 0 Å². The molecule has 0 bridgehead atoms. The summed E-state index contributed by atoms with van der Waals surface area (Å²) in [4.78, 5) is 2.49. The predicted molar refractivity (Wildman–Crippen MR) is 161 cm³/mol. The number of anilines is 2. The molecule has 5 aromatic carbocycles. The highest BCUT2D eigenvalue weighted by Gasteiger charge is 2.42. The maximum Gasteiger partial charge on any atom is 0.0571 e. The summed E-state index contributed by atoms with van der Waals surface area (Å²) in [5.41, 5.74) is 19.0. The van der Waals surface area contributed by atoms with E-state index in [1.165, 1.54) is 78.1 Å². The molecule has 0 fully saturated rings. The third-order valence-corrected chi connectivity index (χ3v) is 9.60. The maximum atomic E-state index is 2.49. The van der Waals surface area contributed by atoms with Crippen LogP contribution in [0.25, 0.3) is 44.5 Å². The Hall–Kier alpha value is -4.10. The van der Waals surface area contributed by atoms with E-state index in [9.17, 15) is 0 Å². The minimum absolute atomic E-state index is 0.0297. The first kappa shape index (κ1) is 21.9. The van der Waals surface area contributed by atoms with Crippen molar-refractivity contribution in [1.29, 1.82) is 0 Å². The number of nitrogens with zero attached hydrogens (tertiary/aromatic N) is 1. The first-order chi connectivity index (χ1) is 18.3. The molecule has 0 spiro atoms. The Morgan fingerprint density at radius 3 is 1.76 bits per heavy atom. The summed E-state index contributed by atoms with van der Waals surface area (Å²) in [6.07, 6.45) is 0. The molecular weight excluding hydrogens is 458 g/mol. The molecule has 1 aliphatic heterocycles. The molecule has 0 aromatic heterocycles. The predicted octanol–water partition coefficient (Wildman–Crippen LogP) is 9.71. The fourth-order valence-corrected chi connectivity index (χ4v) is 7.81. The number of fused-ring (bicyclic) bond motifs is 13. The van der Waals surface area contributed by atoms with Crippen LogP contribution < -0.4 is 4.90 Å². The minimum Gasteiger partial charge on any atom is -0.343 e. The average molecular weight is 490 g/mol. The maximum absolute atomic E-state index is 2.49. The van der Waals surface area contributed by atoms with Crippen LogP contribution in [0.3, 0.4) is 0 Å². The Morgan fingerprint density at radius 2 is 1.03 bits per heavy atom. The van der Waals surface area contributed by atoms with Crippen LogP contribution >= 0.6 is 0 Å². The molecule has 0 radical (unpaired) electrons. The third-order valence-electron chi connectivity index (χ3n) is 9.60. The average Bonchev–Trinajstić information content (AvgIpc) is 3.27. The van der Waals surface area contributed by atoms with E-state index in [1.54, 1.807) is 0 Å². The van der Waals surface area contributed by atoms with Gasteiger partial charge < -0.3 is 4.90 Å². The molecule has 0 unspecified atom stereocenters. The summed E-state index contributed by atoms with van der Waals surface area (Å²) < 4.78 is 0. The monoisotopic (exact) mass is 489 g/mol. The number of rotatable bonds is 0. The SMILES string of the molecule is CN1c2ccc3c(c2-c2ccccc2-c2ccc4c(c21)-c1ccccc1C4(C)C)C(C)(C)c1ccccc1-3. The van der Waals surface area contributed by atoms with Gasteiger partial charge in [0.05, 0.1) is 5.69 Å². The van der Waals surface area contributed by atoms with E-state index in [2.05, 4.69) is 137 Å². The minimum atomic E-state index is -0.0850. The Morgan fingerprint density at radius 1 is 0.447 bits per heavy atom. The van der Waals surface area contributed by atoms with Crippen molar-refractivity contribution < 1.29 is 0 Å². The molecule has 0 saturated heterocycles. The fourth-order valence-electron chi connectivity index (χ4n) is 7.81. The molecular formula is C37H31N. The molecule has 2 aliphatic carbocycles.